The van der Waals surface area contributed by atoms with Crippen LogP contribution in [0.3, 0.4) is 0 Å². The normalized spacial score (nSPS) is 10.4. The fraction of sp³-hybridized carbons (Fsp3) is 0.286. The number of rotatable bonds is 4. The highest BCUT2D eigenvalue weighted by molar-refractivity contribution is 5.26. The first-order valence-electron chi connectivity index (χ1n) is 6.06. The first-order valence-corrected chi connectivity index (χ1v) is 6.06. The van der Waals surface area contributed by atoms with Crippen molar-refractivity contribution >= 4 is 0 Å². The molecule has 2 rings (SSSR count). The topological polar surface area (TPSA) is 64.1 Å². The van der Waals surface area contributed by atoms with E-state index in [1.165, 1.54) is 10.1 Å². The Labute approximate surface area is 110 Å². The summed E-state index contributed by atoms with van der Waals surface area (Å²) in [5, 5.41) is 0. The van der Waals surface area contributed by atoms with Crippen molar-refractivity contribution in [3.63, 3.8) is 0 Å². The molecule has 1 aromatic carbocycles. The molecule has 19 heavy (non-hydrogen) atoms. The van der Waals surface area contributed by atoms with Gasteiger partial charge in [-0.3, -0.25) is 14.3 Å². The van der Waals surface area contributed by atoms with E-state index in [0.717, 1.165) is 5.75 Å². The molecule has 5 nitrogen and oxygen atoms in total. The average molecular weight is 260 g/mol. The van der Waals surface area contributed by atoms with Crippen LogP contribution in [0.5, 0.6) is 5.75 Å². The van der Waals surface area contributed by atoms with Crippen LogP contribution in [0.15, 0.2) is 40.1 Å². The molecule has 0 saturated carbocycles. The lowest BCUT2D eigenvalue weighted by atomic mass is 10.2. The van der Waals surface area contributed by atoms with E-state index < -0.39 is 5.69 Å². The number of H-pyrrole nitrogens is 1. The number of aryl methyl sites for hydroxylation is 2. The quantitative estimate of drug-likeness (QED) is 0.899. The zero-order chi connectivity index (χ0) is 13.8. The van der Waals surface area contributed by atoms with Crippen LogP contribution in [-0.2, 0) is 6.54 Å². The van der Waals surface area contributed by atoms with Crippen molar-refractivity contribution in [1.82, 2.24) is 9.55 Å². The van der Waals surface area contributed by atoms with E-state index in [9.17, 15) is 9.59 Å². The van der Waals surface area contributed by atoms with Crippen LogP contribution in [0.1, 0.15) is 11.1 Å². The van der Waals surface area contributed by atoms with Crippen molar-refractivity contribution in [1.29, 1.82) is 0 Å². The van der Waals surface area contributed by atoms with Gasteiger partial charge in [0.25, 0.3) is 5.56 Å². The molecule has 0 unspecified atom stereocenters. The zero-order valence-electron chi connectivity index (χ0n) is 11.0. The highest BCUT2D eigenvalue weighted by Crippen LogP contribution is 2.11. The minimum Gasteiger partial charge on any atom is -0.492 e. The third kappa shape index (κ3) is 3.34. The average Bonchev–Trinajstić information content (AvgIpc) is 2.38. The first kappa shape index (κ1) is 13.1. The van der Waals surface area contributed by atoms with E-state index in [1.807, 2.05) is 31.2 Å². The number of aromatic amines is 1. The Hall–Kier alpha value is -2.30. The van der Waals surface area contributed by atoms with Crippen LogP contribution in [0.4, 0.5) is 0 Å². The Kier molecular flexibility index (Phi) is 3.85. The molecular formula is C14H16N2O3. The second kappa shape index (κ2) is 5.56. The second-order valence-corrected chi connectivity index (χ2v) is 4.43. The molecule has 0 bridgehead atoms. The fourth-order valence-corrected chi connectivity index (χ4v) is 1.68. The van der Waals surface area contributed by atoms with Gasteiger partial charge >= 0.3 is 5.69 Å². The van der Waals surface area contributed by atoms with Crippen molar-refractivity contribution in [2.45, 2.75) is 20.4 Å². The molecule has 0 atom stereocenters. The summed E-state index contributed by atoms with van der Waals surface area (Å²) in [7, 11) is 0. The molecule has 0 spiro atoms. The highest BCUT2D eigenvalue weighted by Gasteiger charge is 2.01. The van der Waals surface area contributed by atoms with E-state index in [0.29, 0.717) is 18.7 Å². The van der Waals surface area contributed by atoms with Gasteiger partial charge in [0.2, 0.25) is 0 Å². The van der Waals surface area contributed by atoms with Crippen molar-refractivity contribution in [2.75, 3.05) is 6.61 Å². The van der Waals surface area contributed by atoms with Gasteiger partial charge in [-0.15, -0.1) is 0 Å². The predicted octanol–water partition coefficient (Wildman–Crippen LogP) is 1.23. The zero-order valence-corrected chi connectivity index (χ0v) is 11.0. The van der Waals surface area contributed by atoms with Gasteiger partial charge in [0.15, 0.2) is 0 Å². The van der Waals surface area contributed by atoms with Crippen molar-refractivity contribution < 1.29 is 4.74 Å². The van der Waals surface area contributed by atoms with Gasteiger partial charge in [-0.1, -0.05) is 17.7 Å². The summed E-state index contributed by atoms with van der Waals surface area (Å²) in [5.41, 5.74) is 0.915. The van der Waals surface area contributed by atoms with Gasteiger partial charge in [-0.05, 0) is 26.0 Å². The number of ether oxygens (including phenoxy) is 1. The van der Waals surface area contributed by atoms with Gasteiger partial charge in [-0.25, -0.2) is 4.79 Å². The molecule has 0 aliphatic rings. The van der Waals surface area contributed by atoms with Crippen LogP contribution in [0, 0.1) is 13.8 Å². The molecule has 0 amide bonds. The van der Waals surface area contributed by atoms with E-state index in [2.05, 4.69) is 4.98 Å². The summed E-state index contributed by atoms with van der Waals surface area (Å²) in [4.78, 5) is 25.0. The van der Waals surface area contributed by atoms with Crippen LogP contribution >= 0.6 is 0 Å². The SMILES string of the molecule is Cc1ccc(OCCn2cc(C)c(=O)[nH]c2=O)cc1. The van der Waals surface area contributed by atoms with Gasteiger partial charge in [0.1, 0.15) is 12.4 Å². The molecule has 0 aliphatic heterocycles. The predicted molar refractivity (Wildman–Crippen MR) is 72.7 cm³/mol. The molecule has 0 radical (unpaired) electrons. The maximum absolute atomic E-state index is 11.5. The summed E-state index contributed by atoms with van der Waals surface area (Å²) in [5.74, 6) is 0.764. The van der Waals surface area contributed by atoms with Crippen LogP contribution in [-0.4, -0.2) is 16.2 Å². The number of aromatic nitrogens is 2. The maximum Gasteiger partial charge on any atom is 0.328 e. The van der Waals surface area contributed by atoms with E-state index in [4.69, 9.17) is 4.74 Å². The fourth-order valence-electron chi connectivity index (χ4n) is 1.68. The Morgan fingerprint density at radius 1 is 1.16 bits per heavy atom. The molecule has 1 aromatic heterocycles. The lowest BCUT2D eigenvalue weighted by molar-refractivity contribution is 0.295. The maximum atomic E-state index is 11.5. The molecule has 1 N–H and O–H groups in total. The molecular weight excluding hydrogens is 244 g/mol. The smallest absolute Gasteiger partial charge is 0.328 e. The lowest BCUT2D eigenvalue weighted by Gasteiger charge is -2.08. The van der Waals surface area contributed by atoms with Crippen LogP contribution in [0.25, 0.3) is 0 Å². The van der Waals surface area contributed by atoms with Crippen molar-refractivity contribution in [2.24, 2.45) is 0 Å². The molecule has 0 aliphatic carbocycles. The number of hydrogen-bond acceptors (Lipinski definition) is 3. The number of nitrogens with one attached hydrogen (secondary N) is 1. The van der Waals surface area contributed by atoms with Gasteiger partial charge in [-0.2, -0.15) is 0 Å². The summed E-state index contributed by atoms with van der Waals surface area (Å²) >= 11 is 0. The lowest BCUT2D eigenvalue weighted by Crippen LogP contribution is -2.32. The van der Waals surface area contributed by atoms with Crippen LogP contribution < -0.4 is 16.0 Å². The number of benzene rings is 1. The van der Waals surface area contributed by atoms with E-state index in [1.54, 1.807) is 13.1 Å². The molecule has 1 heterocycles. The van der Waals surface area contributed by atoms with E-state index >= 15 is 0 Å². The van der Waals surface area contributed by atoms with Gasteiger partial charge in [0.05, 0.1) is 6.54 Å². The van der Waals surface area contributed by atoms with Crippen molar-refractivity contribution in [3.05, 3.63) is 62.4 Å². The monoisotopic (exact) mass is 260 g/mol. The summed E-state index contributed by atoms with van der Waals surface area (Å²) in [6.07, 6.45) is 1.54. The minimum absolute atomic E-state index is 0.347. The third-order valence-electron chi connectivity index (χ3n) is 2.81. The number of hydrogen-bond donors (Lipinski definition) is 1. The second-order valence-electron chi connectivity index (χ2n) is 4.43. The van der Waals surface area contributed by atoms with Crippen LogP contribution in [0.2, 0.25) is 0 Å². The molecule has 2 aromatic rings. The van der Waals surface area contributed by atoms with Crippen molar-refractivity contribution in [3.8, 4) is 5.75 Å². The largest absolute Gasteiger partial charge is 0.492 e. The highest BCUT2D eigenvalue weighted by atomic mass is 16.5. The standard InChI is InChI=1S/C14H16N2O3/c1-10-3-5-12(6-4-10)19-8-7-16-9-11(2)13(17)15-14(16)18/h3-6,9H,7-8H2,1-2H3,(H,15,17,18). The molecule has 100 valence electrons. The Morgan fingerprint density at radius 2 is 1.84 bits per heavy atom. The Bertz CT molecular complexity index is 668. The summed E-state index contributed by atoms with van der Waals surface area (Å²) in [6, 6.07) is 7.70. The molecule has 0 saturated heterocycles. The minimum atomic E-state index is -0.414. The van der Waals surface area contributed by atoms with Gasteiger partial charge < -0.3 is 4.74 Å². The summed E-state index contributed by atoms with van der Waals surface area (Å²) in [6.45, 7) is 4.43. The van der Waals surface area contributed by atoms with E-state index in [-0.39, 0.29) is 5.56 Å². The Morgan fingerprint density at radius 3 is 2.53 bits per heavy atom. The Balaban J connectivity index is 2.00. The molecule has 5 heteroatoms. The molecule has 0 fully saturated rings. The van der Waals surface area contributed by atoms with Gasteiger partial charge in [0, 0.05) is 11.8 Å². The third-order valence-corrected chi connectivity index (χ3v) is 2.81. The summed E-state index contributed by atoms with van der Waals surface area (Å²) < 4.78 is 6.97. The first-order chi connectivity index (χ1) is 9.06. The number of nitrogens with zero attached hydrogens (tertiary/aromatic N) is 1.